The SMILES string of the molecule is CCOP(=O)(OCC)C(C=C=O)N(C(C)C)C(C)C. The third-order valence-electron chi connectivity index (χ3n) is 2.66. The Balaban J connectivity index is 5.58. The van der Waals surface area contributed by atoms with Crippen molar-refractivity contribution in [1.82, 2.24) is 4.90 Å². The molecule has 0 bridgehead atoms. The Morgan fingerprint density at radius 3 is 1.79 bits per heavy atom. The van der Waals surface area contributed by atoms with Crippen molar-refractivity contribution in [1.29, 1.82) is 0 Å². The Hall–Kier alpha value is -0.440. The maximum absolute atomic E-state index is 12.9. The Kier molecular flexibility index (Phi) is 8.47. The summed E-state index contributed by atoms with van der Waals surface area (Å²) in [5, 5.41) is 0. The molecule has 0 aromatic rings. The molecule has 0 aromatic carbocycles. The van der Waals surface area contributed by atoms with Crippen LogP contribution in [0.5, 0.6) is 0 Å². The largest absolute Gasteiger partial charge is 0.352 e. The van der Waals surface area contributed by atoms with Crippen LogP contribution in [-0.4, -0.2) is 41.9 Å². The average Bonchev–Trinajstić information content (AvgIpc) is 2.28. The van der Waals surface area contributed by atoms with E-state index in [4.69, 9.17) is 9.05 Å². The molecule has 0 amide bonds. The molecule has 0 rings (SSSR count). The van der Waals surface area contributed by atoms with Crippen LogP contribution in [0.15, 0.2) is 6.08 Å². The lowest BCUT2D eigenvalue weighted by atomic mass is 10.2. The lowest BCUT2D eigenvalue weighted by Crippen LogP contribution is -2.44. The maximum Gasteiger partial charge on any atom is 0.352 e. The fourth-order valence-electron chi connectivity index (χ4n) is 2.16. The molecule has 1 unspecified atom stereocenters. The van der Waals surface area contributed by atoms with Gasteiger partial charge in [-0.2, -0.15) is 0 Å². The van der Waals surface area contributed by atoms with Crippen molar-refractivity contribution in [2.75, 3.05) is 13.2 Å². The van der Waals surface area contributed by atoms with Crippen molar-refractivity contribution in [2.45, 2.75) is 59.4 Å². The van der Waals surface area contributed by atoms with E-state index in [-0.39, 0.29) is 25.3 Å². The molecule has 0 aliphatic heterocycles. The number of rotatable bonds is 9. The summed E-state index contributed by atoms with van der Waals surface area (Å²) in [6.45, 7) is 12.0. The summed E-state index contributed by atoms with van der Waals surface area (Å²) in [6, 6.07) is 0.202. The van der Waals surface area contributed by atoms with E-state index in [1.807, 2.05) is 32.6 Å². The average molecular weight is 291 g/mol. The standard InChI is InChI=1S/C13H26NO4P/c1-7-17-19(16,18-8-2)13(9-10-15)14(11(3)4)12(5)6/h9,11-13H,7-8H2,1-6H3. The van der Waals surface area contributed by atoms with E-state index in [9.17, 15) is 9.36 Å². The Morgan fingerprint density at radius 1 is 1.11 bits per heavy atom. The highest BCUT2D eigenvalue weighted by molar-refractivity contribution is 7.54. The van der Waals surface area contributed by atoms with E-state index < -0.39 is 13.4 Å². The first kappa shape index (κ1) is 18.6. The van der Waals surface area contributed by atoms with E-state index >= 15 is 0 Å². The van der Waals surface area contributed by atoms with Gasteiger partial charge in [0.05, 0.1) is 13.2 Å². The summed E-state index contributed by atoms with van der Waals surface area (Å²) in [7, 11) is -3.40. The minimum absolute atomic E-state index is 0.101. The fourth-order valence-corrected chi connectivity index (χ4v) is 4.36. The van der Waals surface area contributed by atoms with Gasteiger partial charge in [-0.25, -0.2) is 4.79 Å². The van der Waals surface area contributed by atoms with Gasteiger partial charge in [-0.3, -0.25) is 9.46 Å². The minimum Gasteiger partial charge on any atom is -0.308 e. The molecule has 0 heterocycles. The van der Waals surface area contributed by atoms with Crippen LogP contribution in [0.25, 0.3) is 0 Å². The van der Waals surface area contributed by atoms with Crippen molar-refractivity contribution < 1.29 is 18.4 Å². The summed E-state index contributed by atoms with van der Waals surface area (Å²) in [5.74, 6) is 1.03. The summed E-state index contributed by atoms with van der Waals surface area (Å²) in [6.07, 6.45) is 1.24. The normalized spacial score (nSPS) is 13.9. The van der Waals surface area contributed by atoms with Crippen molar-refractivity contribution in [3.8, 4) is 0 Å². The van der Waals surface area contributed by atoms with Crippen LogP contribution in [0.4, 0.5) is 0 Å². The molecule has 112 valence electrons. The topological polar surface area (TPSA) is 55.8 Å². The lowest BCUT2D eigenvalue weighted by Gasteiger charge is -2.38. The zero-order valence-electron chi connectivity index (χ0n) is 12.8. The summed E-state index contributed by atoms with van der Waals surface area (Å²) >= 11 is 0. The molecule has 0 N–H and O–H groups in total. The van der Waals surface area contributed by atoms with Crippen LogP contribution in [0.3, 0.4) is 0 Å². The number of nitrogens with zero attached hydrogens (tertiary/aromatic N) is 1. The van der Waals surface area contributed by atoms with Crippen LogP contribution in [-0.2, 0) is 18.4 Å². The van der Waals surface area contributed by atoms with Gasteiger partial charge in [-0.1, -0.05) is 0 Å². The molecule has 0 saturated carbocycles. The quantitative estimate of drug-likeness (QED) is 0.482. The zero-order chi connectivity index (χ0) is 15.1. The molecule has 0 saturated heterocycles. The minimum atomic E-state index is -3.40. The molecule has 0 aromatic heterocycles. The summed E-state index contributed by atoms with van der Waals surface area (Å²) in [4.78, 5) is 12.7. The third kappa shape index (κ3) is 5.21. The molecule has 5 nitrogen and oxygen atoms in total. The predicted molar refractivity (Wildman–Crippen MR) is 77.0 cm³/mol. The first-order valence-corrected chi connectivity index (χ1v) is 8.32. The molecular formula is C13H26NO4P. The monoisotopic (exact) mass is 291 g/mol. The smallest absolute Gasteiger partial charge is 0.308 e. The fraction of sp³-hybridized carbons (Fsp3) is 0.846. The Labute approximate surface area is 116 Å². The van der Waals surface area contributed by atoms with Crippen molar-refractivity contribution >= 4 is 13.5 Å². The second-order valence-corrected chi connectivity index (χ2v) is 6.83. The van der Waals surface area contributed by atoms with Gasteiger partial charge >= 0.3 is 7.60 Å². The molecule has 0 aliphatic rings. The van der Waals surface area contributed by atoms with Gasteiger partial charge in [-0.15, -0.1) is 0 Å². The lowest BCUT2D eigenvalue weighted by molar-refractivity contribution is 0.133. The van der Waals surface area contributed by atoms with Gasteiger partial charge in [0.2, 0.25) is 0 Å². The van der Waals surface area contributed by atoms with Gasteiger partial charge < -0.3 is 9.05 Å². The van der Waals surface area contributed by atoms with Gasteiger partial charge in [0.15, 0.2) is 0 Å². The number of carbonyl (C=O) groups excluding carboxylic acids is 1. The number of hydrogen-bond donors (Lipinski definition) is 0. The molecular weight excluding hydrogens is 265 g/mol. The van der Waals surface area contributed by atoms with Crippen molar-refractivity contribution in [3.05, 3.63) is 6.08 Å². The molecule has 0 fully saturated rings. The second kappa shape index (κ2) is 8.68. The van der Waals surface area contributed by atoms with Crippen LogP contribution in [0.2, 0.25) is 0 Å². The van der Waals surface area contributed by atoms with E-state index in [1.165, 1.54) is 6.08 Å². The molecule has 0 aliphatic carbocycles. The summed E-state index contributed by atoms with van der Waals surface area (Å²) in [5.41, 5.74) is 0. The van der Waals surface area contributed by atoms with Crippen LogP contribution in [0.1, 0.15) is 41.5 Å². The first-order valence-electron chi connectivity index (χ1n) is 6.71. The third-order valence-corrected chi connectivity index (χ3v) is 4.96. The zero-order valence-corrected chi connectivity index (χ0v) is 13.6. The van der Waals surface area contributed by atoms with E-state index in [0.717, 1.165) is 0 Å². The molecule has 0 radical (unpaired) electrons. The van der Waals surface area contributed by atoms with Gasteiger partial charge in [0.1, 0.15) is 11.7 Å². The second-order valence-electron chi connectivity index (χ2n) is 4.71. The highest BCUT2D eigenvalue weighted by Gasteiger charge is 2.40. The van der Waals surface area contributed by atoms with Crippen molar-refractivity contribution in [3.63, 3.8) is 0 Å². The maximum atomic E-state index is 12.9. The number of hydrogen-bond acceptors (Lipinski definition) is 5. The highest BCUT2D eigenvalue weighted by Crippen LogP contribution is 2.55. The van der Waals surface area contributed by atoms with Gasteiger partial charge in [0.25, 0.3) is 0 Å². The summed E-state index contributed by atoms with van der Waals surface area (Å²) < 4.78 is 23.6. The molecule has 19 heavy (non-hydrogen) atoms. The molecule has 1 atom stereocenters. The Morgan fingerprint density at radius 2 is 1.53 bits per heavy atom. The van der Waals surface area contributed by atoms with E-state index in [0.29, 0.717) is 0 Å². The highest BCUT2D eigenvalue weighted by atomic mass is 31.2. The molecule has 6 heteroatoms. The van der Waals surface area contributed by atoms with E-state index in [2.05, 4.69) is 0 Å². The van der Waals surface area contributed by atoms with Crippen LogP contribution >= 0.6 is 7.60 Å². The van der Waals surface area contributed by atoms with Crippen molar-refractivity contribution in [2.24, 2.45) is 0 Å². The predicted octanol–water partition coefficient (Wildman–Crippen LogP) is 3.09. The molecule has 0 spiro atoms. The van der Waals surface area contributed by atoms with E-state index in [1.54, 1.807) is 19.8 Å². The first-order chi connectivity index (χ1) is 8.83. The van der Waals surface area contributed by atoms with Crippen LogP contribution < -0.4 is 0 Å². The van der Waals surface area contributed by atoms with Gasteiger partial charge in [-0.05, 0) is 41.5 Å². The van der Waals surface area contributed by atoms with Gasteiger partial charge in [0, 0.05) is 18.2 Å². The Bertz CT molecular complexity index is 333. The van der Waals surface area contributed by atoms with Crippen LogP contribution in [0, 0.1) is 0 Å².